The van der Waals surface area contributed by atoms with Crippen LogP contribution in [0.3, 0.4) is 0 Å². The highest BCUT2D eigenvalue weighted by molar-refractivity contribution is 5.97. The molecule has 0 fully saturated rings. The first kappa shape index (κ1) is 22.6. The Bertz CT molecular complexity index is 1190. The number of aryl methyl sites for hydroxylation is 1. The van der Waals surface area contributed by atoms with Crippen molar-refractivity contribution in [1.29, 1.82) is 0 Å². The van der Waals surface area contributed by atoms with Gasteiger partial charge in [-0.25, -0.2) is 4.98 Å². The lowest BCUT2D eigenvalue weighted by atomic mass is 10.1. The minimum Gasteiger partial charge on any atom is -0.493 e. The number of hydrogen-bond acceptors (Lipinski definition) is 8. The molecule has 0 unspecified atom stereocenters. The summed E-state index contributed by atoms with van der Waals surface area (Å²) in [6.45, 7) is 1.23. The number of ether oxygens (including phenoxy) is 4. The molecule has 0 aliphatic rings. The van der Waals surface area contributed by atoms with Crippen molar-refractivity contribution in [2.75, 3.05) is 27.9 Å². The first-order valence-corrected chi connectivity index (χ1v) is 9.60. The van der Waals surface area contributed by atoms with Gasteiger partial charge in [-0.3, -0.25) is 18.8 Å². The van der Waals surface area contributed by atoms with E-state index in [1.54, 1.807) is 25.1 Å². The van der Waals surface area contributed by atoms with E-state index in [-0.39, 0.29) is 24.3 Å². The number of aromatic nitrogens is 2. The third-order valence-electron chi connectivity index (χ3n) is 4.63. The Balaban J connectivity index is 1.62. The Morgan fingerprint density at radius 1 is 1.03 bits per heavy atom. The molecule has 1 amide bonds. The summed E-state index contributed by atoms with van der Waals surface area (Å²) in [5.41, 5.74) is 1.46. The molecule has 0 saturated carbocycles. The maximum absolute atomic E-state index is 12.5. The number of rotatable bonds is 8. The molecular formula is C22H23N3O7. The Morgan fingerprint density at radius 2 is 1.72 bits per heavy atom. The fourth-order valence-corrected chi connectivity index (χ4v) is 3.11. The molecule has 0 aliphatic heterocycles. The molecule has 3 rings (SSSR count). The summed E-state index contributed by atoms with van der Waals surface area (Å²) < 4.78 is 22.3. The molecule has 1 N–H and O–H groups in total. The molecule has 0 radical (unpaired) electrons. The molecule has 32 heavy (non-hydrogen) atoms. The van der Waals surface area contributed by atoms with Crippen molar-refractivity contribution in [3.63, 3.8) is 0 Å². The Kier molecular flexibility index (Phi) is 6.93. The second-order valence-electron chi connectivity index (χ2n) is 6.70. The van der Waals surface area contributed by atoms with E-state index >= 15 is 0 Å². The summed E-state index contributed by atoms with van der Waals surface area (Å²) in [7, 11) is 4.32. The normalized spacial score (nSPS) is 10.5. The van der Waals surface area contributed by atoms with Crippen molar-refractivity contribution >= 4 is 17.5 Å². The van der Waals surface area contributed by atoms with Crippen LogP contribution in [-0.2, 0) is 16.1 Å². The summed E-state index contributed by atoms with van der Waals surface area (Å²) in [6.07, 6.45) is 0. The maximum atomic E-state index is 12.5. The monoisotopic (exact) mass is 441 g/mol. The molecule has 1 aromatic carbocycles. The first-order chi connectivity index (χ1) is 15.4. The van der Waals surface area contributed by atoms with Gasteiger partial charge in [0.25, 0.3) is 11.5 Å². The van der Waals surface area contributed by atoms with Gasteiger partial charge in [0, 0.05) is 17.3 Å². The second-order valence-corrected chi connectivity index (χ2v) is 6.70. The molecule has 2 aromatic heterocycles. The van der Waals surface area contributed by atoms with Gasteiger partial charge in [-0.15, -0.1) is 0 Å². The van der Waals surface area contributed by atoms with Crippen LogP contribution in [0.25, 0.3) is 5.65 Å². The smallest absolute Gasteiger partial charge is 0.325 e. The number of fused-ring (bicyclic) bond motifs is 1. The lowest BCUT2D eigenvalue weighted by Crippen LogP contribution is -2.30. The Labute approximate surface area is 183 Å². The standard InChI is InChI=1S/C22H23N3O7/c1-13-6-5-7-18-24-15(10-19(26)25(13)18)12-32-20(27)11-23-22(28)14-8-16(29-2)21(31-4)17(9-14)30-3/h5-10H,11-12H2,1-4H3,(H,23,28). The van der Waals surface area contributed by atoms with Gasteiger partial charge in [-0.1, -0.05) is 6.07 Å². The topological polar surface area (TPSA) is 117 Å². The molecule has 0 bridgehead atoms. The van der Waals surface area contributed by atoms with Crippen LogP contribution in [0.2, 0.25) is 0 Å². The zero-order valence-corrected chi connectivity index (χ0v) is 18.1. The molecule has 0 atom stereocenters. The lowest BCUT2D eigenvalue weighted by molar-refractivity contribution is -0.143. The molecular weight excluding hydrogens is 418 g/mol. The van der Waals surface area contributed by atoms with E-state index in [2.05, 4.69) is 10.3 Å². The number of carbonyl (C=O) groups excluding carboxylic acids is 2. The minimum atomic E-state index is -0.683. The van der Waals surface area contributed by atoms with E-state index in [9.17, 15) is 14.4 Å². The molecule has 0 spiro atoms. The van der Waals surface area contributed by atoms with Gasteiger partial charge < -0.3 is 24.3 Å². The van der Waals surface area contributed by atoms with Gasteiger partial charge in [-0.2, -0.15) is 0 Å². The summed E-state index contributed by atoms with van der Waals surface area (Å²) in [6, 6.07) is 9.52. The SMILES string of the molecule is COc1cc(C(=O)NCC(=O)OCc2cc(=O)n3c(C)cccc3n2)cc(OC)c1OC. The van der Waals surface area contributed by atoms with Crippen molar-refractivity contribution in [3.8, 4) is 17.2 Å². The van der Waals surface area contributed by atoms with Crippen molar-refractivity contribution in [2.45, 2.75) is 13.5 Å². The van der Waals surface area contributed by atoms with Crippen LogP contribution in [0.5, 0.6) is 17.2 Å². The van der Waals surface area contributed by atoms with Crippen LogP contribution in [0.15, 0.2) is 41.2 Å². The van der Waals surface area contributed by atoms with Crippen molar-refractivity contribution in [2.24, 2.45) is 0 Å². The molecule has 0 saturated heterocycles. The van der Waals surface area contributed by atoms with Crippen LogP contribution < -0.4 is 25.1 Å². The van der Waals surface area contributed by atoms with E-state index in [0.717, 1.165) is 5.69 Å². The van der Waals surface area contributed by atoms with Gasteiger partial charge in [0.2, 0.25) is 5.75 Å². The highest BCUT2D eigenvalue weighted by Crippen LogP contribution is 2.38. The highest BCUT2D eigenvalue weighted by atomic mass is 16.5. The molecule has 10 nitrogen and oxygen atoms in total. The quantitative estimate of drug-likeness (QED) is 0.523. The average molecular weight is 441 g/mol. The van der Waals surface area contributed by atoms with Gasteiger partial charge in [0.05, 0.1) is 27.0 Å². The Hall–Kier alpha value is -4.08. The maximum Gasteiger partial charge on any atom is 0.325 e. The fourth-order valence-electron chi connectivity index (χ4n) is 3.11. The summed E-state index contributed by atoms with van der Waals surface area (Å²) in [5, 5.41) is 2.47. The van der Waals surface area contributed by atoms with Gasteiger partial charge in [0.15, 0.2) is 11.5 Å². The lowest BCUT2D eigenvalue weighted by Gasteiger charge is -2.14. The second kappa shape index (κ2) is 9.82. The number of pyridine rings is 1. The average Bonchev–Trinajstić information content (AvgIpc) is 2.79. The zero-order chi connectivity index (χ0) is 23.3. The van der Waals surface area contributed by atoms with E-state index in [1.807, 2.05) is 0 Å². The highest BCUT2D eigenvalue weighted by Gasteiger charge is 2.18. The molecule has 168 valence electrons. The van der Waals surface area contributed by atoms with Gasteiger partial charge in [-0.05, 0) is 31.2 Å². The summed E-state index contributed by atoms with van der Waals surface area (Å²) in [4.78, 5) is 41.1. The predicted molar refractivity (Wildman–Crippen MR) is 114 cm³/mol. The van der Waals surface area contributed by atoms with E-state index < -0.39 is 11.9 Å². The van der Waals surface area contributed by atoms with Crippen LogP contribution in [0.4, 0.5) is 0 Å². The third-order valence-corrected chi connectivity index (χ3v) is 4.63. The number of nitrogens with one attached hydrogen (secondary N) is 1. The number of amides is 1. The van der Waals surface area contributed by atoms with E-state index in [0.29, 0.717) is 28.6 Å². The molecule has 2 heterocycles. The number of hydrogen-bond donors (Lipinski definition) is 1. The number of benzene rings is 1. The largest absolute Gasteiger partial charge is 0.493 e. The Morgan fingerprint density at radius 3 is 2.34 bits per heavy atom. The number of esters is 1. The van der Waals surface area contributed by atoms with Crippen molar-refractivity contribution in [1.82, 2.24) is 14.7 Å². The first-order valence-electron chi connectivity index (χ1n) is 9.60. The zero-order valence-electron chi connectivity index (χ0n) is 18.1. The summed E-state index contributed by atoms with van der Waals surface area (Å²) in [5.74, 6) is -0.248. The third kappa shape index (κ3) is 4.80. The van der Waals surface area contributed by atoms with Gasteiger partial charge >= 0.3 is 5.97 Å². The van der Waals surface area contributed by atoms with Crippen LogP contribution in [-0.4, -0.2) is 49.1 Å². The predicted octanol–water partition coefficient (Wildman–Crippen LogP) is 1.50. The van der Waals surface area contributed by atoms with Crippen LogP contribution in [0, 0.1) is 6.92 Å². The van der Waals surface area contributed by atoms with Gasteiger partial charge in [0.1, 0.15) is 18.8 Å². The number of nitrogens with zero attached hydrogens (tertiary/aromatic N) is 2. The van der Waals surface area contributed by atoms with E-state index in [4.69, 9.17) is 18.9 Å². The van der Waals surface area contributed by atoms with Crippen molar-refractivity contribution in [3.05, 3.63) is 63.7 Å². The summed E-state index contributed by atoms with van der Waals surface area (Å²) >= 11 is 0. The van der Waals surface area contributed by atoms with E-state index in [1.165, 1.54) is 43.9 Å². The van der Waals surface area contributed by atoms with Crippen LogP contribution in [0.1, 0.15) is 21.7 Å². The number of carbonyl (C=O) groups is 2. The minimum absolute atomic E-state index is 0.196. The van der Waals surface area contributed by atoms with Crippen molar-refractivity contribution < 1.29 is 28.5 Å². The molecule has 3 aromatic rings. The number of methoxy groups -OCH3 is 3. The van der Waals surface area contributed by atoms with Crippen LogP contribution >= 0.6 is 0 Å². The molecule has 10 heteroatoms. The molecule has 0 aliphatic carbocycles. The fraction of sp³-hybridized carbons (Fsp3) is 0.273.